The van der Waals surface area contributed by atoms with Gasteiger partial charge in [-0.2, -0.15) is 0 Å². The highest BCUT2D eigenvalue weighted by molar-refractivity contribution is 4.93. The van der Waals surface area contributed by atoms with Crippen LogP contribution in [-0.2, 0) is 0 Å². The fourth-order valence-corrected chi connectivity index (χ4v) is 1.96. The first kappa shape index (κ1) is 17.7. The molecule has 0 saturated heterocycles. The topological polar surface area (TPSA) is 125 Å². The van der Waals surface area contributed by atoms with Gasteiger partial charge in [-0.1, -0.05) is 13.8 Å². The Hall–Kier alpha value is -0.280. The smallest absolute Gasteiger partial charge is 0.225 e. The SMILES string of the molecule is CC(C)CC(O)(O)N(CCO)C(CO)(CO)CO. The number of β-amino-alcohol motifs (C(OH)–C–C–N with tert-alkyl or cyclic N) is 1. The summed E-state index contributed by atoms with van der Waals surface area (Å²) in [6.07, 6.45) is -0.0469. The molecule has 0 aromatic heterocycles. The molecule has 0 aromatic carbocycles. The highest BCUT2D eigenvalue weighted by Gasteiger charge is 2.46. The van der Waals surface area contributed by atoms with Crippen molar-refractivity contribution in [2.24, 2.45) is 5.92 Å². The van der Waals surface area contributed by atoms with Crippen molar-refractivity contribution in [3.8, 4) is 0 Å². The molecule has 0 fully saturated rings. The van der Waals surface area contributed by atoms with Crippen LogP contribution < -0.4 is 0 Å². The van der Waals surface area contributed by atoms with E-state index >= 15 is 0 Å². The molecule has 18 heavy (non-hydrogen) atoms. The number of aliphatic hydroxyl groups is 6. The lowest BCUT2D eigenvalue weighted by Gasteiger charge is -2.47. The average Bonchev–Trinajstić information content (AvgIpc) is 2.29. The van der Waals surface area contributed by atoms with Gasteiger partial charge in [0.15, 0.2) is 0 Å². The fourth-order valence-electron chi connectivity index (χ4n) is 1.96. The lowest BCUT2D eigenvalue weighted by Crippen LogP contribution is -2.67. The summed E-state index contributed by atoms with van der Waals surface area (Å²) in [5, 5.41) is 57.0. The zero-order valence-electron chi connectivity index (χ0n) is 11.0. The van der Waals surface area contributed by atoms with Gasteiger partial charge in [0.25, 0.3) is 0 Å². The predicted octanol–water partition coefficient (Wildman–Crippen LogP) is -2.32. The van der Waals surface area contributed by atoms with Gasteiger partial charge in [-0.05, 0) is 5.92 Å². The monoisotopic (exact) mass is 267 g/mol. The van der Waals surface area contributed by atoms with Gasteiger partial charge in [-0.25, -0.2) is 4.90 Å². The largest absolute Gasteiger partial charge is 0.395 e. The Morgan fingerprint density at radius 3 is 1.67 bits per heavy atom. The molecule has 0 amide bonds. The molecule has 0 spiro atoms. The molecular formula is C11H25NO6. The Morgan fingerprint density at radius 1 is 0.944 bits per heavy atom. The Morgan fingerprint density at radius 2 is 1.39 bits per heavy atom. The molecule has 0 aliphatic heterocycles. The average molecular weight is 267 g/mol. The van der Waals surface area contributed by atoms with Gasteiger partial charge < -0.3 is 30.6 Å². The van der Waals surface area contributed by atoms with Gasteiger partial charge in [-0.15, -0.1) is 0 Å². The summed E-state index contributed by atoms with van der Waals surface area (Å²) in [6, 6.07) is 0. The number of aliphatic hydroxyl groups excluding tert-OH is 4. The second-order valence-electron chi connectivity index (χ2n) is 4.95. The normalized spacial score (nSPS) is 13.7. The number of hydrogen-bond donors (Lipinski definition) is 6. The van der Waals surface area contributed by atoms with Crippen LogP contribution in [0.15, 0.2) is 0 Å². The summed E-state index contributed by atoms with van der Waals surface area (Å²) in [7, 11) is 0. The van der Waals surface area contributed by atoms with Crippen LogP contribution in [0.1, 0.15) is 20.3 Å². The first-order chi connectivity index (χ1) is 8.29. The van der Waals surface area contributed by atoms with E-state index in [1.807, 2.05) is 0 Å². The maximum Gasteiger partial charge on any atom is 0.225 e. The molecule has 0 atom stereocenters. The van der Waals surface area contributed by atoms with Crippen LogP contribution in [0.25, 0.3) is 0 Å². The Kier molecular flexibility index (Phi) is 7.23. The van der Waals surface area contributed by atoms with Crippen molar-refractivity contribution in [3.05, 3.63) is 0 Å². The van der Waals surface area contributed by atoms with E-state index in [2.05, 4.69) is 0 Å². The quantitative estimate of drug-likeness (QED) is 0.259. The van der Waals surface area contributed by atoms with E-state index in [0.717, 1.165) is 4.90 Å². The van der Waals surface area contributed by atoms with Crippen LogP contribution >= 0.6 is 0 Å². The van der Waals surface area contributed by atoms with Gasteiger partial charge in [0.2, 0.25) is 5.91 Å². The summed E-state index contributed by atoms with van der Waals surface area (Å²) >= 11 is 0. The van der Waals surface area contributed by atoms with Crippen molar-refractivity contribution in [1.29, 1.82) is 0 Å². The summed E-state index contributed by atoms with van der Waals surface area (Å²) in [5.74, 6) is -2.39. The molecule has 0 bridgehead atoms. The van der Waals surface area contributed by atoms with Crippen LogP contribution in [0.5, 0.6) is 0 Å². The number of nitrogens with zero attached hydrogens (tertiary/aromatic N) is 1. The minimum Gasteiger partial charge on any atom is -0.395 e. The first-order valence-electron chi connectivity index (χ1n) is 5.95. The molecule has 0 radical (unpaired) electrons. The standard InChI is InChI=1S/C11H25NO6/c1-9(2)5-11(17,18)12(3-4-13)10(6-14,7-15)8-16/h9,13-18H,3-8H2,1-2H3. The van der Waals surface area contributed by atoms with Crippen molar-refractivity contribution >= 4 is 0 Å². The van der Waals surface area contributed by atoms with E-state index in [9.17, 15) is 25.5 Å². The molecule has 0 aliphatic carbocycles. The van der Waals surface area contributed by atoms with E-state index in [1.54, 1.807) is 13.8 Å². The van der Waals surface area contributed by atoms with E-state index < -0.39 is 37.9 Å². The van der Waals surface area contributed by atoms with Crippen molar-refractivity contribution in [2.45, 2.75) is 31.7 Å². The molecule has 110 valence electrons. The van der Waals surface area contributed by atoms with Crippen LogP contribution in [0, 0.1) is 5.92 Å². The molecule has 0 saturated carbocycles. The molecule has 7 nitrogen and oxygen atoms in total. The Labute approximate surface area is 107 Å². The van der Waals surface area contributed by atoms with Crippen molar-refractivity contribution in [3.63, 3.8) is 0 Å². The minimum atomic E-state index is -2.33. The third-order valence-corrected chi connectivity index (χ3v) is 2.89. The van der Waals surface area contributed by atoms with Crippen LogP contribution in [0.2, 0.25) is 0 Å². The maximum absolute atomic E-state index is 10.0. The van der Waals surface area contributed by atoms with E-state index in [0.29, 0.717) is 0 Å². The summed E-state index contributed by atoms with van der Waals surface area (Å²) in [4.78, 5) is 0.931. The molecule has 0 aromatic rings. The lowest BCUT2D eigenvalue weighted by atomic mass is 9.96. The molecular weight excluding hydrogens is 242 g/mol. The second-order valence-corrected chi connectivity index (χ2v) is 4.95. The van der Waals surface area contributed by atoms with Crippen molar-refractivity contribution < 1.29 is 30.6 Å². The van der Waals surface area contributed by atoms with E-state index in [4.69, 9.17) is 5.11 Å². The molecule has 6 N–H and O–H groups in total. The molecule has 0 aliphatic rings. The molecule has 0 heterocycles. The van der Waals surface area contributed by atoms with Crippen LogP contribution in [0.4, 0.5) is 0 Å². The zero-order chi connectivity index (χ0) is 14.4. The van der Waals surface area contributed by atoms with Gasteiger partial charge in [-0.3, -0.25) is 0 Å². The minimum absolute atomic E-state index is 0.0469. The van der Waals surface area contributed by atoms with Crippen LogP contribution in [0.3, 0.4) is 0 Å². The van der Waals surface area contributed by atoms with Gasteiger partial charge in [0, 0.05) is 13.0 Å². The summed E-state index contributed by atoms with van der Waals surface area (Å²) in [5.41, 5.74) is -1.60. The van der Waals surface area contributed by atoms with Crippen LogP contribution in [-0.4, -0.2) is 80.0 Å². The Bertz CT molecular complexity index is 221. The number of rotatable bonds is 9. The highest BCUT2D eigenvalue weighted by atomic mass is 16.5. The summed E-state index contributed by atoms with van der Waals surface area (Å²) in [6.45, 7) is 0.959. The first-order valence-corrected chi connectivity index (χ1v) is 5.95. The highest BCUT2D eigenvalue weighted by Crippen LogP contribution is 2.26. The summed E-state index contributed by atoms with van der Waals surface area (Å²) < 4.78 is 0. The van der Waals surface area contributed by atoms with E-state index in [-0.39, 0.29) is 18.9 Å². The van der Waals surface area contributed by atoms with E-state index in [1.165, 1.54) is 0 Å². The number of hydrogen-bond acceptors (Lipinski definition) is 7. The van der Waals surface area contributed by atoms with Crippen molar-refractivity contribution in [2.75, 3.05) is 33.0 Å². The molecule has 7 heteroatoms. The predicted molar refractivity (Wildman–Crippen MR) is 64.4 cm³/mol. The zero-order valence-corrected chi connectivity index (χ0v) is 11.0. The van der Waals surface area contributed by atoms with Gasteiger partial charge >= 0.3 is 0 Å². The molecule has 0 rings (SSSR count). The van der Waals surface area contributed by atoms with Crippen molar-refractivity contribution in [1.82, 2.24) is 4.90 Å². The third-order valence-electron chi connectivity index (χ3n) is 2.89. The fraction of sp³-hybridized carbons (Fsp3) is 1.00. The lowest BCUT2D eigenvalue weighted by molar-refractivity contribution is -0.311. The molecule has 0 unspecified atom stereocenters. The van der Waals surface area contributed by atoms with Gasteiger partial charge in [0.1, 0.15) is 0 Å². The maximum atomic E-state index is 10.0. The Balaban J connectivity index is 5.25. The second kappa shape index (κ2) is 7.34. The third kappa shape index (κ3) is 4.13. The van der Waals surface area contributed by atoms with Gasteiger partial charge in [0.05, 0.1) is 32.0 Å².